The number of carbonyl (C=O) groups excluding carboxylic acids is 1. The lowest BCUT2D eigenvalue weighted by Gasteiger charge is -2.06. The maximum Gasteiger partial charge on any atom is 0.416 e. The highest BCUT2D eigenvalue weighted by molar-refractivity contribution is 5.91. The van der Waals surface area contributed by atoms with Crippen LogP contribution in [0.25, 0.3) is 17.3 Å². The first-order valence-electron chi connectivity index (χ1n) is 8.55. The van der Waals surface area contributed by atoms with E-state index in [-0.39, 0.29) is 5.91 Å². The number of nitrogens with zero attached hydrogens (tertiary/aromatic N) is 1. The Morgan fingerprint density at radius 2 is 1.68 bits per heavy atom. The number of nitrogens with one attached hydrogen (secondary N) is 1. The van der Waals surface area contributed by atoms with E-state index in [9.17, 15) is 18.0 Å². The van der Waals surface area contributed by atoms with Crippen molar-refractivity contribution in [3.8, 4) is 11.3 Å². The van der Waals surface area contributed by atoms with Crippen molar-refractivity contribution in [1.82, 2.24) is 10.3 Å². The first-order valence-corrected chi connectivity index (χ1v) is 8.55. The number of aromatic nitrogens is 1. The summed E-state index contributed by atoms with van der Waals surface area (Å²) in [6.45, 7) is 0.346. The molecule has 6 heteroatoms. The summed E-state index contributed by atoms with van der Waals surface area (Å²) in [4.78, 5) is 16.2. The summed E-state index contributed by atoms with van der Waals surface area (Å²) >= 11 is 0. The largest absolute Gasteiger partial charge is 0.416 e. The van der Waals surface area contributed by atoms with Crippen molar-refractivity contribution < 1.29 is 18.0 Å². The highest BCUT2D eigenvalue weighted by atomic mass is 19.4. The van der Waals surface area contributed by atoms with E-state index in [1.54, 1.807) is 6.20 Å². The van der Waals surface area contributed by atoms with Crippen molar-refractivity contribution in [1.29, 1.82) is 0 Å². The molecule has 0 aliphatic carbocycles. The Morgan fingerprint density at radius 1 is 0.964 bits per heavy atom. The van der Waals surface area contributed by atoms with E-state index < -0.39 is 11.7 Å². The third-order valence-corrected chi connectivity index (χ3v) is 4.05. The quantitative estimate of drug-likeness (QED) is 0.624. The van der Waals surface area contributed by atoms with E-state index in [2.05, 4.69) is 10.3 Å². The number of pyridine rings is 1. The Balaban J connectivity index is 1.53. The molecule has 3 rings (SSSR count). The number of rotatable bonds is 5. The van der Waals surface area contributed by atoms with Gasteiger partial charge >= 0.3 is 6.18 Å². The van der Waals surface area contributed by atoms with E-state index in [0.29, 0.717) is 12.1 Å². The second-order valence-corrected chi connectivity index (χ2v) is 6.08. The fourth-order valence-corrected chi connectivity index (χ4v) is 2.53. The van der Waals surface area contributed by atoms with E-state index >= 15 is 0 Å². The minimum Gasteiger partial charge on any atom is -0.348 e. The molecule has 0 bridgehead atoms. The van der Waals surface area contributed by atoms with Crippen molar-refractivity contribution in [3.63, 3.8) is 0 Å². The molecule has 1 heterocycles. The number of hydrogen-bond donors (Lipinski definition) is 1. The van der Waals surface area contributed by atoms with Crippen LogP contribution in [0.4, 0.5) is 13.2 Å². The second kappa shape index (κ2) is 8.52. The summed E-state index contributed by atoms with van der Waals surface area (Å²) in [6, 6.07) is 18.0. The maximum atomic E-state index is 12.5. The van der Waals surface area contributed by atoms with Gasteiger partial charge in [-0.05, 0) is 41.5 Å². The number of halogens is 3. The van der Waals surface area contributed by atoms with E-state index in [1.807, 2.05) is 42.5 Å². The van der Waals surface area contributed by atoms with Crippen LogP contribution in [0.5, 0.6) is 0 Å². The lowest BCUT2D eigenvalue weighted by molar-refractivity contribution is -0.137. The zero-order valence-electron chi connectivity index (χ0n) is 14.8. The van der Waals surface area contributed by atoms with Crippen LogP contribution in [0.3, 0.4) is 0 Å². The van der Waals surface area contributed by atoms with E-state index in [1.165, 1.54) is 24.3 Å². The molecular formula is C22H17F3N2O. The monoisotopic (exact) mass is 382 g/mol. The van der Waals surface area contributed by atoms with Crippen molar-refractivity contribution in [2.75, 3.05) is 0 Å². The topological polar surface area (TPSA) is 42.0 Å². The zero-order chi connectivity index (χ0) is 20.0. The lowest BCUT2D eigenvalue weighted by Crippen LogP contribution is -2.20. The molecule has 0 aliphatic heterocycles. The molecule has 142 valence electrons. The van der Waals surface area contributed by atoms with Gasteiger partial charge in [-0.1, -0.05) is 42.5 Å². The normalized spacial score (nSPS) is 11.5. The summed E-state index contributed by atoms with van der Waals surface area (Å²) in [7, 11) is 0. The van der Waals surface area contributed by atoms with Crippen LogP contribution >= 0.6 is 0 Å². The Labute approximate surface area is 160 Å². The zero-order valence-corrected chi connectivity index (χ0v) is 14.8. The SMILES string of the molecule is O=C(C=Cc1ccc(C(F)(F)F)cc1)NCc1ccc(-c2ccccn2)cc1. The Hall–Kier alpha value is -3.41. The summed E-state index contributed by atoms with van der Waals surface area (Å²) < 4.78 is 37.6. The molecule has 28 heavy (non-hydrogen) atoms. The summed E-state index contributed by atoms with van der Waals surface area (Å²) in [6.07, 6.45) is 0.128. The van der Waals surface area contributed by atoms with Gasteiger partial charge in [0, 0.05) is 24.4 Å². The fraction of sp³-hybridized carbons (Fsp3) is 0.0909. The molecule has 2 aromatic carbocycles. The Bertz CT molecular complexity index is 948. The summed E-state index contributed by atoms with van der Waals surface area (Å²) in [5, 5.41) is 2.74. The Morgan fingerprint density at radius 3 is 2.29 bits per heavy atom. The third kappa shape index (κ3) is 5.30. The number of amides is 1. The number of alkyl halides is 3. The van der Waals surface area contributed by atoms with Gasteiger partial charge in [-0.25, -0.2) is 0 Å². The number of benzene rings is 2. The van der Waals surface area contributed by atoms with Gasteiger partial charge in [0.15, 0.2) is 0 Å². The maximum absolute atomic E-state index is 12.5. The van der Waals surface area contributed by atoms with Crippen LogP contribution < -0.4 is 5.32 Å². The highest BCUT2D eigenvalue weighted by Gasteiger charge is 2.29. The second-order valence-electron chi connectivity index (χ2n) is 6.08. The van der Waals surface area contributed by atoms with Gasteiger partial charge in [0.1, 0.15) is 0 Å². The van der Waals surface area contributed by atoms with Gasteiger partial charge in [-0.15, -0.1) is 0 Å². The smallest absolute Gasteiger partial charge is 0.348 e. The first-order chi connectivity index (χ1) is 13.4. The summed E-state index contributed by atoms with van der Waals surface area (Å²) in [5.74, 6) is -0.325. The molecule has 0 saturated heterocycles. The van der Waals surface area contributed by atoms with E-state index in [4.69, 9.17) is 0 Å². The standard InChI is InChI=1S/C22H17F3N2O/c23-22(24,25)19-11-6-16(7-12-19)8-13-21(28)27-15-17-4-9-18(10-5-17)20-3-1-2-14-26-20/h1-14H,15H2,(H,27,28). The molecule has 0 radical (unpaired) electrons. The molecule has 1 N–H and O–H groups in total. The first kappa shape index (κ1) is 19.4. The van der Waals surface area contributed by atoms with Crippen molar-refractivity contribution >= 4 is 12.0 Å². The van der Waals surface area contributed by atoms with Gasteiger partial charge in [-0.2, -0.15) is 13.2 Å². The minimum absolute atomic E-state index is 0.325. The molecule has 0 saturated carbocycles. The van der Waals surface area contributed by atoms with Crippen LogP contribution in [0.2, 0.25) is 0 Å². The Kier molecular flexibility index (Phi) is 5.89. The van der Waals surface area contributed by atoms with Gasteiger partial charge in [0.2, 0.25) is 5.91 Å². The van der Waals surface area contributed by atoms with E-state index in [0.717, 1.165) is 29.0 Å². The average molecular weight is 382 g/mol. The van der Waals surface area contributed by atoms with Crippen LogP contribution in [-0.4, -0.2) is 10.9 Å². The molecule has 0 spiro atoms. The molecule has 0 aliphatic rings. The lowest BCUT2D eigenvalue weighted by atomic mass is 10.1. The molecule has 1 amide bonds. The van der Waals surface area contributed by atoms with Crippen LogP contribution in [0.15, 0.2) is 79.0 Å². The number of hydrogen-bond acceptors (Lipinski definition) is 2. The number of carbonyl (C=O) groups is 1. The molecule has 0 fully saturated rings. The van der Waals surface area contributed by atoms with Crippen molar-refractivity contribution in [3.05, 3.63) is 95.7 Å². The van der Waals surface area contributed by atoms with Crippen molar-refractivity contribution in [2.24, 2.45) is 0 Å². The summed E-state index contributed by atoms with van der Waals surface area (Å²) in [5.41, 5.74) is 2.58. The predicted octanol–water partition coefficient (Wildman–Crippen LogP) is 5.10. The van der Waals surface area contributed by atoms with Crippen molar-refractivity contribution in [2.45, 2.75) is 12.7 Å². The van der Waals surface area contributed by atoms with Crippen LogP contribution in [0, 0.1) is 0 Å². The van der Waals surface area contributed by atoms with Gasteiger partial charge in [0.05, 0.1) is 11.3 Å². The van der Waals surface area contributed by atoms with Gasteiger partial charge in [-0.3, -0.25) is 9.78 Å². The molecular weight excluding hydrogens is 365 g/mol. The average Bonchev–Trinajstić information content (AvgIpc) is 2.71. The van der Waals surface area contributed by atoms with Crippen LogP contribution in [0.1, 0.15) is 16.7 Å². The van der Waals surface area contributed by atoms with Crippen LogP contribution in [-0.2, 0) is 17.5 Å². The third-order valence-electron chi connectivity index (χ3n) is 4.05. The predicted molar refractivity (Wildman–Crippen MR) is 102 cm³/mol. The van der Waals surface area contributed by atoms with Gasteiger partial charge < -0.3 is 5.32 Å². The minimum atomic E-state index is -4.37. The fourth-order valence-electron chi connectivity index (χ4n) is 2.53. The molecule has 0 unspecified atom stereocenters. The molecule has 1 aromatic heterocycles. The highest BCUT2D eigenvalue weighted by Crippen LogP contribution is 2.29. The molecule has 3 aromatic rings. The van der Waals surface area contributed by atoms with Gasteiger partial charge in [0.25, 0.3) is 0 Å². The molecule has 3 nitrogen and oxygen atoms in total. The molecule has 0 atom stereocenters.